The molecular formula is C13H18F3NO2. The largest absolute Gasteiger partial charge is 0.489 e. The van der Waals surface area contributed by atoms with Crippen molar-refractivity contribution in [2.45, 2.75) is 20.0 Å². The molecule has 1 rings (SSSR count). The van der Waals surface area contributed by atoms with Crippen LogP contribution in [0.25, 0.3) is 0 Å². The fourth-order valence-corrected chi connectivity index (χ4v) is 1.39. The highest BCUT2D eigenvalue weighted by atomic mass is 19.4. The van der Waals surface area contributed by atoms with E-state index in [-0.39, 0.29) is 18.0 Å². The number of hydrogen-bond donors (Lipinski definition) is 1. The Balaban J connectivity index is 2.47. The predicted molar refractivity (Wildman–Crippen MR) is 67.0 cm³/mol. The van der Waals surface area contributed by atoms with E-state index in [1.54, 1.807) is 0 Å². The summed E-state index contributed by atoms with van der Waals surface area (Å²) in [7, 11) is 0. The molecular weight excluding hydrogens is 259 g/mol. The molecule has 0 spiro atoms. The highest BCUT2D eigenvalue weighted by molar-refractivity contribution is 5.54. The van der Waals surface area contributed by atoms with E-state index < -0.39 is 11.7 Å². The van der Waals surface area contributed by atoms with Crippen LogP contribution < -0.4 is 10.5 Å². The standard InChI is InChI=1S/C13H18F3NO2/c1-9(2)8-18-5-6-19-12-4-3-10(7-11(12)17)13(14,15)16/h3-4,7,9H,5-6,8,17H2,1-2H3. The van der Waals surface area contributed by atoms with Crippen LogP contribution in [0, 0.1) is 5.92 Å². The molecule has 0 aliphatic rings. The number of hydrogen-bond acceptors (Lipinski definition) is 3. The maximum atomic E-state index is 12.4. The molecule has 0 bridgehead atoms. The van der Waals surface area contributed by atoms with Crippen LogP contribution in [0.5, 0.6) is 5.75 Å². The zero-order valence-electron chi connectivity index (χ0n) is 11.0. The Hall–Kier alpha value is -1.43. The molecule has 0 radical (unpaired) electrons. The van der Waals surface area contributed by atoms with Crippen molar-refractivity contribution in [1.29, 1.82) is 0 Å². The van der Waals surface area contributed by atoms with Gasteiger partial charge in [0.15, 0.2) is 0 Å². The van der Waals surface area contributed by atoms with Crippen molar-refractivity contribution < 1.29 is 22.6 Å². The topological polar surface area (TPSA) is 44.5 Å². The molecule has 0 fully saturated rings. The highest BCUT2D eigenvalue weighted by Crippen LogP contribution is 2.33. The minimum atomic E-state index is -4.40. The van der Waals surface area contributed by atoms with Gasteiger partial charge in [-0.2, -0.15) is 13.2 Å². The van der Waals surface area contributed by atoms with E-state index in [0.717, 1.165) is 12.1 Å². The summed E-state index contributed by atoms with van der Waals surface area (Å²) in [6.07, 6.45) is -4.40. The number of halogens is 3. The molecule has 0 unspecified atom stereocenters. The first-order chi connectivity index (χ1) is 8.80. The van der Waals surface area contributed by atoms with E-state index in [1.165, 1.54) is 6.07 Å². The van der Waals surface area contributed by atoms with Crippen molar-refractivity contribution in [1.82, 2.24) is 0 Å². The monoisotopic (exact) mass is 277 g/mol. The van der Waals surface area contributed by atoms with E-state index in [1.807, 2.05) is 13.8 Å². The first kappa shape index (κ1) is 15.6. The number of rotatable bonds is 6. The Morgan fingerprint density at radius 3 is 2.42 bits per heavy atom. The second-order valence-electron chi connectivity index (χ2n) is 4.57. The van der Waals surface area contributed by atoms with Crippen LogP contribution in [-0.2, 0) is 10.9 Å². The molecule has 0 atom stereocenters. The Morgan fingerprint density at radius 2 is 1.89 bits per heavy atom. The smallest absolute Gasteiger partial charge is 0.416 e. The minimum Gasteiger partial charge on any atom is -0.489 e. The molecule has 0 saturated carbocycles. The zero-order valence-corrected chi connectivity index (χ0v) is 11.0. The molecule has 2 N–H and O–H groups in total. The van der Waals surface area contributed by atoms with Crippen molar-refractivity contribution in [3.8, 4) is 5.75 Å². The third kappa shape index (κ3) is 5.38. The van der Waals surface area contributed by atoms with Gasteiger partial charge in [-0.25, -0.2) is 0 Å². The first-order valence-corrected chi connectivity index (χ1v) is 5.98. The Labute approximate surface area is 110 Å². The lowest BCUT2D eigenvalue weighted by atomic mass is 10.2. The predicted octanol–water partition coefficient (Wildman–Crippen LogP) is 3.34. The molecule has 1 aromatic carbocycles. The average molecular weight is 277 g/mol. The highest BCUT2D eigenvalue weighted by Gasteiger charge is 2.30. The van der Waals surface area contributed by atoms with Crippen LogP contribution in [-0.4, -0.2) is 19.8 Å². The van der Waals surface area contributed by atoms with Gasteiger partial charge in [0.1, 0.15) is 12.4 Å². The third-order valence-electron chi connectivity index (χ3n) is 2.27. The van der Waals surface area contributed by atoms with E-state index in [0.29, 0.717) is 19.1 Å². The van der Waals surface area contributed by atoms with Crippen LogP contribution in [0.2, 0.25) is 0 Å². The van der Waals surface area contributed by atoms with Gasteiger partial charge in [0.05, 0.1) is 17.9 Å². The Bertz CT molecular complexity index is 405. The fraction of sp³-hybridized carbons (Fsp3) is 0.538. The van der Waals surface area contributed by atoms with Gasteiger partial charge in [0, 0.05) is 6.61 Å². The summed E-state index contributed by atoms with van der Waals surface area (Å²) in [4.78, 5) is 0. The second-order valence-corrected chi connectivity index (χ2v) is 4.57. The molecule has 19 heavy (non-hydrogen) atoms. The van der Waals surface area contributed by atoms with E-state index >= 15 is 0 Å². The summed E-state index contributed by atoms with van der Waals surface area (Å²) in [5, 5.41) is 0. The second kappa shape index (κ2) is 6.65. The normalized spacial score (nSPS) is 11.9. The summed E-state index contributed by atoms with van der Waals surface area (Å²) >= 11 is 0. The fourth-order valence-electron chi connectivity index (χ4n) is 1.39. The SMILES string of the molecule is CC(C)COCCOc1ccc(C(F)(F)F)cc1N. The van der Waals surface area contributed by atoms with Crippen molar-refractivity contribution in [3.63, 3.8) is 0 Å². The van der Waals surface area contributed by atoms with Gasteiger partial charge >= 0.3 is 6.18 Å². The average Bonchev–Trinajstić information content (AvgIpc) is 2.28. The summed E-state index contributed by atoms with van der Waals surface area (Å²) < 4.78 is 47.8. The number of nitrogens with two attached hydrogens (primary N) is 1. The summed E-state index contributed by atoms with van der Waals surface area (Å²) in [5.74, 6) is 0.664. The lowest BCUT2D eigenvalue weighted by Crippen LogP contribution is -2.11. The van der Waals surface area contributed by atoms with Crippen molar-refractivity contribution >= 4 is 5.69 Å². The Kier molecular flexibility index (Phi) is 5.47. The maximum Gasteiger partial charge on any atom is 0.416 e. The van der Waals surface area contributed by atoms with Crippen LogP contribution in [0.1, 0.15) is 19.4 Å². The molecule has 0 aliphatic carbocycles. The van der Waals surface area contributed by atoms with Crippen LogP contribution in [0.3, 0.4) is 0 Å². The van der Waals surface area contributed by atoms with E-state index in [4.69, 9.17) is 15.2 Å². The molecule has 1 aromatic rings. The Morgan fingerprint density at radius 1 is 1.21 bits per heavy atom. The molecule has 0 aromatic heterocycles. The van der Waals surface area contributed by atoms with Crippen molar-refractivity contribution in [3.05, 3.63) is 23.8 Å². The molecule has 108 valence electrons. The van der Waals surface area contributed by atoms with Gasteiger partial charge in [-0.15, -0.1) is 0 Å². The molecule has 0 amide bonds. The lowest BCUT2D eigenvalue weighted by Gasteiger charge is -2.12. The van der Waals surface area contributed by atoms with Gasteiger partial charge in [0.25, 0.3) is 0 Å². The van der Waals surface area contributed by atoms with Crippen LogP contribution in [0.4, 0.5) is 18.9 Å². The molecule has 0 aliphatic heterocycles. The van der Waals surface area contributed by atoms with Crippen molar-refractivity contribution in [2.75, 3.05) is 25.6 Å². The number of ether oxygens (including phenoxy) is 2. The van der Waals surface area contributed by atoms with E-state index in [9.17, 15) is 13.2 Å². The third-order valence-corrected chi connectivity index (χ3v) is 2.27. The molecule has 0 heterocycles. The number of alkyl halides is 3. The van der Waals surface area contributed by atoms with Crippen LogP contribution in [0.15, 0.2) is 18.2 Å². The van der Waals surface area contributed by atoms with Gasteiger partial charge in [0.2, 0.25) is 0 Å². The van der Waals surface area contributed by atoms with Crippen LogP contribution >= 0.6 is 0 Å². The number of benzene rings is 1. The minimum absolute atomic E-state index is 0.0290. The molecule has 0 saturated heterocycles. The van der Waals surface area contributed by atoms with Crippen molar-refractivity contribution in [2.24, 2.45) is 5.92 Å². The number of anilines is 1. The van der Waals surface area contributed by atoms with Gasteiger partial charge in [-0.05, 0) is 24.1 Å². The quantitative estimate of drug-likeness (QED) is 0.640. The summed E-state index contributed by atoms with van der Waals surface area (Å²) in [6, 6.07) is 3.03. The van der Waals surface area contributed by atoms with E-state index in [2.05, 4.69) is 0 Å². The first-order valence-electron chi connectivity index (χ1n) is 5.98. The zero-order chi connectivity index (χ0) is 14.5. The number of nitrogen functional groups attached to an aromatic ring is 1. The van der Waals surface area contributed by atoms with Gasteiger partial charge in [-0.1, -0.05) is 13.8 Å². The molecule has 6 heteroatoms. The maximum absolute atomic E-state index is 12.4. The van der Waals surface area contributed by atoms with Gasteiger partial charge < -0.3 is 15.2 Å². The molecule has 3 nitrogen and oxygen atoms in total. The summed E-state index contributed by atoms with van der Waals surface area (Å²) in [5.41, 5.74) is 4.70. The lowest BCUT2D eigenvalue weighted by molar-refractivity contribution is -0.137. The summed E-state index contributed by atoms with van der Waals surface area (Å²) in [6.45, 7) is 5.29. The van der Waals surface area contributed by atoms with Gasteiger partial charge in [-0.3, -0.25) is 0 Å².